The van der Waals surface area contributed by atoms with Crippen molar-refractivity contribution in [3.8, 4) is 5.75 Å². The van der Waals surface area contributed by atoms with Crippen molar-refractivity contribution in [2.24, 2.45) is 11.1 Å². The Kier molecular flexibility index (Phi) is 8.96. The standard InChI is InChI=1S/C21H37NO2.ClH/c1-16(21(7,8)22)23-13-14-24-18-11-9-17(10-12-18)20(5,6)15-19(2,3)4;/h9-12,16H,13-15,22H2,1-8H3;1H. The molecule has 1 aromatic rings. The quantitative estimate of drug-likeness (QED) is 0.627. The van der Waals surface area contributed by atoms with E-state index in [1.54, 1.807) is 0 Å². The first-order valence-electron chi connectivity index (χ1n) is 8.95. The Morgan fingerprint density at radius 3 is 1.88 bits per heavy atom. The van der Waals surface area contributed by atoms with Gasteiger partial charge in [0.1, 0.15) is 12.4 Å². The monoisotopic (exact) mass is 371 g/mol. The number of ether oxygens (including phenoxy) is 2. The van der Waals surface area contributed by atoms with Crippen molar-refractivity contribution >= 4 is 12.4 Å². The summed E-state index contributed by atoms with van der Waals surface area (Å²) in [6.45, 7) is 18.5. The topological polar surface area (TPSA) is 44.5 Å². The van der Waals surface area contributed by atoms with Crippen molar-refractivity contribution in [2.45, 2.75) is 78.9 Å². The summed E-state index contributed by atoms with van der Waals surface area (Å²) in [5.74, 6) is 0.883. The van der Waals surface area contributed by atoms with Gasteiger partial charge in [0.15, 0.2) is 0 Å². The van der Waals surface area contributed by atoms with E-state index in [4.69, 9.17) is 15.2 Å². The molecule has 0 bridgehead atoms. The van der Waals surface area contributed by atoms with Gasteiger partial charge in [-0.05, 0) is 55.7 Å². The molecule has 0 aliphatic heterocycles. The summed E-state index contributed by atoms with van der Waals surface area (Å²) >= 11 is 0. The zero-order valence-corrected chi connectivity index (χ0v) is 18.1. The normalized spacial score (nSPS) is 14.0. The Hall–Kier alpha value is -0.770. The summed E-state index contributed by atoms with van der Waals surface area (Å²) in [4.78, 5) is 0. The SMILES string of the molecule is CC(OCCOc1ccc(C(C)(C)CC(C)(C)C)cc1)C(C)(C)N.Cl. The average Bonchev–Trinajstić information content (AvgIpc) is 2.40. The minimum atomic E-state index is -0.333. The van der Waals surface area contributed by atoms with Crippen molar-refractivity contribution in [1.29, 1.82) is 0 Å². The van der Waals surface area contributed by atoms with Gasteiger partial charge in [0.05, 0.1) is 12.7 Å². The summed E-state index contributed by atoms with van der Waals surface area (Å²) in [6.07, 6.45) is 1.14. The minimum Gasteiger partial charge on any atom is -0.491 e. The molecule has 4 heteroatoms. The van der Waals surface area contributed by atoms with Crippen LogP contribution in [0.25, 0.3) is 0 Å². The molecule has 0 heterocycles. The zero-order valence-electron chi connectivity index (χ0n) is 17.3. The van der Waals surface area contributed by atoms with Crippen LogP contribution >= 0.6 is 12.4 Å². The maximum atomic E-state index is 6.01. The van der Waals surface area contributed by atoms with Crippen LogP contribution in [0, 0.1) is 5.41 Å². The van der Waals surface area contributed by atoms with Crippen LogP contribution < -0.4 is 10.5 Å². The lowest BCUT2D eigenvalue weighted by Crippen LogP contribution is -2.45. The molecule has 1 atom stereocenters. The molecule has 0 radical (unpaired) electrons. The van der Waals surface area contributed by atoms with E-state index in [1.165, 1.54) is 5.56 Å². The van der Waals surface area contributed by atoms with Crippen LogP contribution in [0.1, 0.15) is 67.4 Å². The molecule has 1 unspecified atom stereocenters. The van der Waals surface area contributed by atoms with Gasteiger partial charge in [-0.2, -0.15) is 0 Å². The Morgan fingerprint density at radius 1 is 0.920 bits per heavy atom. The molecule has 1 rings (SSSR count). The van der Waals surface area contributed by atoms with Crippen molar-refractivity contribution in [2.75, 3.05) is 13.2 Å². The van der Waals surface area contributed by atoms with E-state index in [2.05, 4.69) is 58.9 Å². The van der Waals surface area contributed by atoms with E-state index in [0.717, 1.165) is 12.2 Å². The van der Waals surface area contributed by atoms with Crippen LogP contribution in [-0.4, -0.2) is 24.9 Å². The minimum absolute atomic E-state index is 0. The van der Waals surface area contributed by atoms with E-state index in [-0.39, 0.29) is 29.5 Å². The third-order valence-electron chi connectivity index (χ3n) is 4.38. The van der Waals surface area contributed by atoms with Gasteiger partial charge in [-0.3, -0.25) is 0 Å². The Bertz CT molecular complexity index is 498. The number of rotatable bonds is 8. The maximum absolute atomic E-state index is 6.01. The summed E-state index contributed by atoms with van der Waals surface area (Å²) in [6, 6.07) is 8.45. The molecule has 0 saturated carbocycles. The van der Waals surface area contributed by atoms with Crippen LogP contribution in [0.4, 0.5) is 0 Å². The van der Waals surface area contributed by atoms with Crippen molar-refractivity contribution in [3.63, 3.8) is 0 Å². The van der Waals surface area contributed by atoms with Gasteiger partial charge >= 0.3 is 0 Å². The number of benzene rings is 1. The smallest absolute Gasteiger partial charge is 0.119 e. The van der Waals surface area contributed by atoms with Gasteiger partial charge in [0.25, 0.3) is 0 Å². The molecular formula is C21H38ClNO2. The van der Waals surface area contributed by atoms with E-state index < -0.39 is 0 Å². The summed E-state index contributed by atoms with van der Waals surface area (Å²) < 4.78 is 11.5. The molecule has 0 aliphatic carbocycles. The number of nitrogens with two attached hydrogens (primary N) is 1. The fraction of sp³-hybridized carbons (Fsp3) is 0.714. The summed E-state index contributed by atoms with van der Waals surface area (Å²) in [5, 5.41) is 0. The van der Waals surface area contributed by atoms with E-state index in [0.29, 0.717) is 18.6 Å². The van der Waals surface area contributed by atoms with Crippen LogP contribution in [0.5, 0.6) is 5.75 Å². The van der Waals surface area contributed by atoms with Crippen molar-refractivity contribution in [1.82, 2.24) is 0 Å². The number of hydrogen-bond donors (Lipinski definition) is 1. The van der Waals surface area contributed by atoms with E-state index in [9.17, 15) is 0 Å². The highest BCUT2D eigenvalue weighted by molar-refractivity contribution is 5.85. The molecule has 0 amide bonds. The Morgan fingerprint density at radius 2 is 1.44 bits per heavy atom. The third-order valence-corrected chi connectivity index (χ3v) is 4.38. The molecule has 2 N–H and O–H groups in total. The highest BCUT2D eigenvalue weighted by Gasteiger charge is 2.27. The van der Waals surface area contributed by atoms with Gasteiger partial charge in [0, 0.05) is 5.54 Å². The van der Waals surface area contributed by atoms with Crippen LogP contribution in [0.15, 0.2) is 24.3 Å². The number of halogens is 1. The lowest BCUT2D eigenvalue weighted by molar-refractivity contribution is 0.00813. The molecule has 0 aliphatic rings. The van der Waals surface area contributed by atoms with Gasteiger partial charge in [-0.25, -0.2) is 0 Å². The fourth-order valence-electron chi connectivity index (χ4n) is 3.03. The summed E-state index contributed by atoms with van der Waals surface area (Å²) in [7, 11) is 0. The molecule has 0 aromatic heterocycles. The number of hydrogen-bond acceptors (Lipinski definition) is 3. The predicted molar refractivity (Wildman–Crippen MR) is 110 cm³/mol. The highest BCUT2D eigenvalue weighted by atomic mass is 35.5. The zero-order chi connectivity index (χ0) is 18.6. The second kappa shape index (κ2) is 9.25. The van der Waals surface area contributed by atoms with Gasteiger partial charge in [0.2, 0.25) is 0 Å². The Labute approximate surface area is 161 Å². The lowest BCUT2D eigenvalue weighted by atomic mass is 9.72. The van der Waals surface area contributed by atoms with Crippen LogP contribution in [0.3, 0.4) is 0 Å². The maximum Gasteiger partial charge on any atom is 0.119 e. The van der Waals surface area contributed by atoms with Gasteiger partial charge in [-0.1, -0.05) is 46.8 Å². The third kappa shape index (κ3) is 8.94. The first-order valence-corrected chi connectivity index (χ1v) is 8.95. The van der Waals surface area contributed by atoms with Crippen LogP contribution in [-0.2, 0) is 10.2 Å². The average molecular weight is 372 g/mol. The molecule has 0 spiro atoms. The molecule has 146 valence electrons. The van der Waals surface area contributed by atoms with E-state index in [1.807, 2.05) is 20.8 Å². The summed E-state index contributed by atoms with van der Waals surface area (Å²) in [5.41, 5.74) is 7.49. The molecule has 1 aromatic carbocycles. The fourth-order valence-corrected chi connectivity index (χ4v) is 3.03. The molecule has 25 heavy (non-hydrogen) atoms. The second-order valence-corrected chi connectivity index (χ2v) is 9.33. The van der Waals surface area contributed by atoms with Crippen molar-refractivity contribution in [3.05, 3.63) is 29.8 Å². The molecule has 0 fully saturated rings. The molecule has 0 saturated heterocycles. The first-order chi connectivity index (χ1) is 10.8. The Balaban J connectivity index is 0.00000576. The predicted octanol–water partition coefficient (Wildman–Crippen LogP) is 5.34. The first kappa shape index (κ1) is 24.2. The van der Waals surface area contributed by atoms with E-state index >= 15 is 0 Å². The largest absolute Gasteiger partial charge is 0.491 e. The van der Waals surface area contributed by atoms with Crippen molar-refractivity contribution < 1.29 is 9.47 Å². The van der Waals surface area contributed by atoms with Gasteiger partial charge < -0.3 is 15.2 Å². The lowest BCUT2D eigenvalue weighted by Gasteiger charge is -2.33. The second-order valence-electron chi connectivity index (χ2n) is 9.33. The highest BCUT2D eigenvalue weighted by Crippen LogP contribution is 2.36. The van der Waals surface area contributed by atoms with Gasteiger partial charge in [-0.15, -0.1) is 12.4 Å². The molecular weight excluding hydrogens is 334 g/mol. The molecule has 3 nitrogen and oxygen atoms in total. The van der Waals surface area contributed by atoms with Crippen LogP contribution in [0.2, 0.25) is 0 Å².